The van der Waals surface area contributed by atoms with Crippen LogP contribution in [0.4, 0.5) is 0 Å². The van der Waals surface area contributed by atoms with Crippen LogP contribution >= 0.6 is 0 Å². The molecule has 0 fully saturated rings. The van der Waals surface area contributed by atoms with E-state index in [-0.39, 0.29) is 0 Å². The van der Waals surface area contributed by atoms with Crippen LogP contribution in [0.2, 0.25) is 0 Å². The maximum atomic E-state index is 11.4. The number of carbonyl (C=O) groups excluding carboxylic acids is 1. The van der Waals surface area contributed by atoms with Gasteiger partial charge >= 0.3 is 0 Å². The van der Waals surface area contributed by atoms with E-state index < -0.39 is 5.60 Å². The fourth-order valence-corrected chi connectivity index (χ4v) is 2.34. The third kappa shape index (κ3) is 6.11. The average molecular weight is 352 g/mol. The molecule has 0 saturated heterocycles. The van der Waals surface area contributed by atoms with Gasteiger partial charge in [-0.15, -0.1) is 0 Å². The second kappa shape index (κ2) is 9.86. The summed E-state index contributed by atoms with van der Waals surface area (Å²) in [5.41, 5.74) is 4.01. The number of carbonyl (C=O) groups is 1. The number of rotatable bonds is 4. The summed E-state index contributed by atoms with van der Waals surface area (Å²) >= 11 is 0. The molecule has 0 radical (unpaired) electrons. The third-order valence-electron chi connectivity index (χ3n) is 3.55. The molecule has 0 amide bonds. The van der Waals surface area contributed by atoms with Crippen molar-refractivity contribution in [2.75, 3.05) is 7.05 Å². The van der Waals surface area contributed by atoms with Crippen LogP contribution in [0.3, 0.4) is 0 Å². The van der Waals surface area contributed by atoms with Gasteiger partial charge in [0.15, 0.2) is 0 Å². The SMILES string of the molecule is CC.CNCc1ccc(-c2cc(C#CC(C)(C)O)cnc2C)cc1C=O. The van der Waals surface area contributed by atoms with Gasteiger partial charge in [0.2, 0.25) is 0 Å². The van der Waals surface area contributed by atoms with Crippen molar-refractivity contribution in [3.63, 3.8) is 0 Å². The highest BCUT2D eigenvalue weighted by molar-refractivity contribution is 5.81. The largest absolute Gasteiger partial charge is 0.378 e. The quantitative estimate of drug-likeness (QED) is 0.650. The number of hydrogen-bond acceptors (Lipinski definition) is 4. The molecule has 1 heterocycles. The minimum Gasteiger partial charge on any atom is -0.378 e. The molecule has 4 nitrogen and oxygen atoms in total. The first-order valence-electron chi connectivity index (χ1n) is 8.79. The van der Waals surface area contributed by atoms with Gasteiger partial charge in [0, 0.05) is 35.1 Å². The number of aldehydes is 1. The van der Waals surface area contributed by atoms with Gasteiger partial charge in [-0.1, -0.05) is 37.8 Å². The molecule has 0 unspecified atom stereocenters. The van der Waals surface area contributed by atoms with Crippen molar-refractivity contribution in [3.05, 3.63) is 52.8 Å². The van der Waals surface area contributed by atoms with Crippen molar-refractivity contribution in [2.24, 2.45) is 0 Å². The Kier molecular flexibility index (Phi) is 8.18. The van der Waals surface area contributed by atoms with E-state index in [0.717, 1.165) is 34.2 Å². The molecule has 0 saturated carbocycles. The van der Waals surface area contributed by atoms with Crippen molar-refractivity contribution in [2.45, 2.75) is 46.8 Å². The summed E-state index contributed by atoms with van der Waals surface area (Å²) < 4.78 is 0. The van der Waals surface area contributed by atoms with Crippen LogP contribution < -0.4 is 5.32 Å². The lowest BCUT2D eigenvalue weighted by atomic mass is 9.97. The van der Waals surface area contributed by atoms with Gasteiger partial charge in [0.1, 0.15) is 11.9 Å². The van der Waals surface area contributed by atoms with E-state index >= 15 is 0 Å². The summed E-state index contributed by atoms with van der Waals surface area (Å²) in [4.78, 5) is 15.7. The Morgan fingerprint density at radius 2 is 1.96 bits per heavy atom. The van der Waals surface area contributed by atoms with Gasteiger partial charge < -0.3 is 10.4 Å². The van der Waals surface area contributed by atoms with Crippen molar-refractivity contribution >= 4 is 6.29 Å². The van der Waals surface area contributed by atoms with E-state index in [2.05, 4.69) is 22.1 Å². The lowest BCUT2D eigenvalue weighted by molar-refractivity contribution is 0.112. The van der Waals surface area contributed by atoms with Crippen LogP contribution in [0.5, 0.6) is 0 Å². The van der Waals surface area contributed by atoms with Crippen molar-refractivity contribution in [3.8, 4) is 23.0 Å². The predicted molar refractivity (Wildman–Crippen MR) is 107 cm³/mol. The van der Waals surface area contributed by atoms with E-state index in [4.69, 9.17) is 0 Å². The van der Waals surface area contributed by atoms with Gasteiger partial charge in [-0.2, -0.15) is 0 Å². The summed E-state index contributed by atoms with van der Waals surface area (Å²) in [6.07, 6.45) is 2.56. The number of hydrogen-bond donors (Lipinski definition) is 2. The van der Waals surface area contributed by atoms with Crippen LogP contribution in [0.15, 0.2) is 30.5 Å². The molecule has 0 spiro atoms. The molecule has 2 rings (SSSR count). The molecule has 0 aliphatic carbocycles. The maximum absolute atomic E-state index is 11.4. The van der Waals surface area contributed by atoms with E-state index in [9.17, 15) is 9.90 Å². The highest BCUT2D eigenvalue weighted by Crippen LogP contribution is 2.25. The first-order chi connectivity index (χ1) is 12.3. The fourth-order valence-electron chi connectivity index (χ4n) is 2.34. The predicted octanol–water partition coefficient (Wildman–Crippen LogP) is 3.74. The molecule has 1 aromatic heterocycles. The average Bonchev–Trinajstić information content (AvgIpc) is 2.62. The number of aromatic nitrogens is 1. The summed E-state index contributed by atoms with van der Waals surface area (Å²) in [6.45, 7) is 9.84. The molecule has 0 aliphatic rings. The number of aryl methyl sites for hydroxylation is 1. The van der Waals surface area contributed by atoms with Crippen molar-refractivity contribution in [1.29, 1.82) is 0 Å². The van der Waals surface area contributed by atoms with E-state index in [0.29, 0.717) is 12.1 Å². The number of benzene rings is 1. The Hall–Kier alpha value is -2.48. The lowest BCUT2D eigenvalue weighted by Gasteiger charge is -2.10. The number of nitrogens with one attached hydrogen (secondary N) is 1. The van der Waals surface area contributed by atoms with Gasteiger partial charge in [0.25, 0.3) is 0 Å². The summed E-state index contributed by atoms with van der Waals surface area (Å²) in [5.74, 6) is 5.73. The number of pyridine rings is 1. The summed E-state index contributed by atoms with van der Waals surface area (Å²) in [5, 5.41) is 12.8. The molecule has 0 bridgehead atoms. The van der Waals surface area contributed by atoms with Gasteiger partial charge in [-0.05, 0) is 51.1 Å². The number of aliphatic hydroxyl groups is 1. The molecular weight excluding hydrogens is 324 g/mol. The highest BCUT2D eigenvalue weighted by atomic mass is 16.3. The first-order valence-corrected chi connectivity index (χ1v) is 8.79. The summed E-state index contributed by atoms with van der Waals surface area (Å²) in [6, 6.07) is 7.74. The normalized spacial score (nSPS) is 10.3. The van der Waals surface area contributed by atoms with Gasteiger partial charge in [-0.25, -0.2) is 0 Å². The van der Waals surface area contributed by atoms with Crippen LogP contribution in [0, 0.1) is 18.8 Å². The molecule has 0 aliphatic heterocycles. The Morgan fingerprint density at radius 3 is 2.54 bits per heavy atom. The molecule has 4 heteroatoms. The van der Waals surface area contributed by atoms with Gasteiger partial charge in [-0.3, -0.25) is 9.78 Å². The second-order valence-electron chi connectivity index (χ2n) is 6.23. The first kappa shape index (κ1) is 21.6. The topological polar surface area (TPSA) is 62.2 Å². The lowest BCUT2D eigenvalue weighted by Crippen LogP contribution is -2.14. The molecule has 138 valence electrons. The third-order valence-corrected chi connectivity index (χ3v) is 3.55. The zero-order valence-electron chi connectivity index (χ0n) is 16.5. The van der Waals surface area contributed by atoms with E-state index in [1.807, 2.05) is 52.1 Å². The highest BCUT2D eigenvalue weighted by Gasteiger charge is 2.09. The fraction of sp³-hybridized carbons (Fsp3) is 0.364. The second-order valence-corrected chi connectivity index (χ2v) is 6.23. The zero-order chi connectivity index (χ0) is 19.7. The van der Waals surface area contributed by atoms with E-state index in [1.54, 1.807) is 20.0 Å². The molecule has 2 aromatic rings. The monoisotopic (exact) mass is 352 g/mol. The van der Waals surface area contributed by atoms with Crippen LogP contribution in [0.1, 0.15) is 54.9 Å². The smallest absolute Gasteiger partial charge is 0.150 e. The molecule has 1 aromatic carbocycles. The molecular formula is C22H28N2O2. The van der Waals surface area contributed by atoms with Crippen molar-refractivity contribution < 1.29 is 9.90 Å². The van der Waals surface area contributed by atoms with Crippen molar-refractivity contribution in [1.82, 2.24) is 10.3 Å². The minimum absolute atomic E-state index is 0.642. The van der Waals surface area contributed by atoms with E-state index in [1.165, 1.54) is 0 Å². The zero-order valence-corrected chi connectivity index (χ0v) is 16.5. The standard InChI is InChI=1S/C20H22N2O2.C2H6/c1-14-19(9-15(11-22-14)7-8-20(2,3)24)16-5-6-17(12-21-4)18(10-16)13-23;1-2/h5-6,9-11,13,21,24H,12H2,1-4H3;1-2H3. The Bertz CT molecular complexity index is 809. The Labute approximate surface area is 156 Å². The molecule has 26 heavy (non-hydrogen) atoms. The molecule has 2 N–H and O–H groups in total. The van der Waals surface area contributed by atoms with Crippen LogP contribution in [0.25, 0.3) is 11.1 Å². The molecule has 0 atom stereocenters. The minimum atomic E-state index is -1.05. The number of nitrogens with zero attached hydrogens (tertiary/aromatic N) is 1. The summed E-state index contributed by atoms with van der Waals surface area (Å²) in [7, 11) is 1.85. The van der Waals surface area contributed by atoms with Crippen LogP contribution in [-0.2, 0) is 6.54 Å². The Balaban J connectivity index is 0.00000163. The van der Waals surface area contributed by atoms with Crippen LogP contribution in [-0.4, -0.2) is 29.0 Å². The van der Waals surface area contributed by atoms with Gasteiger partial charge in [0.05, 0.1) is 0 Å². The maximum Gasteiger partial charge on any atom is 0.150 e. The Morgan fingerprint density at radius 1 is 1.27 bits per heavy atom.